The predicted octanol–water partition coefficient (Wildman–Crippen LogP) is 6.46. The van der Waals surface area contributed by atoms with Gasteiger partial charge >= 0.3 is 0 Å². The van der Waals surface area contributed by atoms with Crippen LogP contribution in [-0.4, -0.2) is 34.0 Å². The van der Waals surface area contributed by atoms with Crippen LogP contribution in [0.2, 0.25) is 15.1 Å². The summed E-state index contributed by atoms with van der Waals surface area (Å²) < 4.78 is 0. The minimum atomic E-state index is -0.605. The fourth-order valence-electron chi connectivity index (χ4n) is 2.97. The summed E-state index contributed by atoms with van der Waals surface area (Å²) in [5, 5.41) is 4.49. The number of thioether (sulfide) groups is 1. The number of carbonyl (C=O) groups excluding carboxylic acids is 2. The van der Waals surface area contributed by atoms with E-state index in [1.54, 1.807) is 29.2 Å². The van der Waals surface area contributed by atoms with Crippen LogP contribution < -0.4 is 5.32 Å². The van der Waals surface area contributed by atoms with Crippen molar-refractivity contribution in [2.45, 2.75) is 57.1 Å². The first-order valence-corrected chi connectivity index (χ1v) is 12.1. The SMILES string of the molecule is CC[C@@H](C(=O)NC(C)(C)C)N(Cc1ccc(Cl)c(Cl)c1)C(=O)CSc1ccc(Cl)cc1. The molecule has 0 spiro atoms. The molecule has 0 heterocycles. The summed E-state index contributed by atoms with van der Waals surface area (Å²) in [5.74, 6) is -0.121. The van der Waals surface area contributed by atoms with E-state index in [2.05, 4.69) is 5.32 Å². The maximum Gasteiger partial charge on any atom is 0.243 e. The Hall–Kier alpha value is -1.40. The summed E-state index contributed by atoms with van der Waals surface area (Å²) in [5.41, 5.74) is 0.405. The number of hydrogen-bond donors (Lipinski definition) is 1. The van der Waals surface area contributed by atoms with E-state index in [0.29, 0.717) is 21.5 Å². The first-order valence-electron chi connectivity index (χ1n) is 9.94. The molecule has 0 saturated carbocycles. The van der Waals surface area contributed by atoms with Crippen molar-refractivity contribution in [2.75, 3.05) is 5.75 Å². The summed E-state index contributed by atoms with van der Waals surface area (Å²) >= 11 is 19.5. The van der Waals surface area contributed by atoms with Gasteiger partial charge in [0.1, 0.15) is 6.04 Å². The number of benzene rings is 2. The Morgan fingerprint density at radius 2 is 1.68 bits per heavy atom. The highest BCUT2D eigenvalue weighted by atomic mass is 35.5. The van der Waals surface area contributed by atoms with Crippen LogP contribution in [-0.2, 0) is 16.1 Å². The normalized spacial score (nSPS) is 12.4. The third-order valence-corrected chi connectivity index (χ3v) is 6.38. The fourth-order valence-corrected chi connectivity index (χ4v) is 4.20. The zero-order valence-corrected chi connectivity index (χ0v) is 21.1. The standard InChI is InChI=1S/C23H27Cl3N2O2S/c1-5-20(22(30)27-23(2,3)4)28(13-15-6-11-18(25)19(26)12-15)21(29)14-31-17-9-7-16(24)8-10-17/h6-12,20H,5,13-14H2,1-4H3,(H,27,30)/t20-/m0/s1. The quantitative estimate of drug-likeness (QED) is 0.422. The summed E-state index contributed by atoms with van der Waals surface area (Å²) in [4.78, 5) is 28.8. The highest BCUT2D eigenvalue weighted by molar-refractivity contribution is 8.00. The molecule has 1 N–H and O–H groups in total. The minimum absolute atomic E-state index is 0.137. The van der Waals surface area contributed by atoms with Crippen molar-refractivity contribution in [2.24, 2.45) is 0 Å². The van der Waals surface area contributed by atoms with Crippen LogP contribution in [0.15, 0.2) is 47.4 Å². The van der Waals surface area contributed by atoms with Crippen molar-refractivity contribution in [3.63, 3.8) is 0 Å². The number of nitrogens with zero attached hydrogens (tertiary/aromatic N) is 1. The number of rotatable bonds is 8. The van der Waals surface area contributed by atoms with Gasteiger partial charge in [0.25, 0.3) is 0 Å². The lowest BCUT2D eigenvalue weighted by molar-refractivity contribution is -0.140. The molecule has 2 amide bonds. The summed E-state index contributed by atoms with van der Waals surface area (Å²) in [6, 6.07) is 11.9. The molecule has 0 aliphatic rings. The van der Waals surface area contributed by atoms with Gasteiger partial charge in [-0.05, 0) is 69.2 Å². The molecule has 0 aliphatic heterocycles. The van der Waals surface area contributed by atoms with E-state index in [-0.39, 0.29) is 24.1 Å². The Labute approximate surface area is 203 Å². The van der Waals surface area contributed by atoms with Gasteiger partial charge in [-0.2, -0.15) is 0 Å². The van der Waals surface area contributed by atoms with Gasteiger partial charge in [0.15, 0.2) is 0 Å². The van der Waals surface area contributed by atoms with E-state index in [1.165, 1.54) is 11.8 Å². The molecule has 168 valence electrons. The first-order chi connectivity index (χ1) is 14.5. The first kappa shape index (κ1) is 25.9. The van der Waals surface area contributed by atoms with Crippen LogP contribution in [0, 0.1) is 0 Å². The van der Waals surface area contributed by atoms with Crippen molar-refractivity contribution >= 4 is 58.4 Å². The molecular weight excluding hydrogens is 475 g/mol. The van der Waals surface area contributed by atoms with Gasteiger partial charge in [-0.25, -0.2) is 0 Å². The molecule has 1 atom stereocenters. The van der Waals surface area contributed by atoms with Gasteiger partial charge in [0.05, 0.1) is 15.8 Å². The largest absolute Gasteiger partial charge is 0.350 e. The number of carbonyl (C=O) groups is 2. The summed E-state index contributed by atoms with van der Waals surface area (Å²) in [6.45, 7) is 7.90. The van der Waals surface area contributed by atoms with Crippen molar-refractivity contribution in [1.29, 1.82) is 0 Å². The van der Waals surface area contributed by atoms with Gasteiger partial charge < -0.3 is 10.2 Å². The number of hydrogen-bond acceptors (Lipinski definition) is 3. The van der Waals surface area contributed by atoms with E-state index >= 15 is 0 Å². The van der Waals surface area contributed by atoms with E-state index in [9.17, 15) is 9.59 Å². The van der Waals surface area contributed by atoms with Gasteiger partial charge in [0.2, 0.25) is 11.8 Å². The van der Waals surface area contributed by atoms with E-state index in [1.807, 2.05) is 45.9 Å². The Balaban J connectivity index is 2.25. The van der Waals surface area contributed by atoms with Gasteiger partial charge in [-0.1, -0.05) is 47.8 Å². The Kier molecular flexibility index (Phi) is 9.56. The molecule has 0 aromatic heterocycles. The molecule has 0 saturated heterocycles. The molecule has 31 heavy (non-hydrogen) atoms. The van der Waals surface area contributed by atoms with E-state index in [4.69, 9.17) is 34.8 Å². The van der Waals surface area contributed by atoms with Crippen LogP contribution in [0.4, 0.5) is 0 Å². The maximum absolute atomic E-state index is 13.3. The van der Waals surface area contributed by atoms with Crippen LogP contribution in [0.25, 0.3) is 0 Å². The average molecular weight is 502 g/mol. The molecule has 2 rings (SSSR count). The molecule has 2 aromatic carbocycles. The molecule has 0 radical (unpaired) electrons. The predicted molar refractivity (Wildman–Crippen MR) is 131 cm³/mol. The van der Waals surface area contributed by atoms with Crippen LogP contribution in [0.3, 0.4) is 0 Å². The maximum atomic E-state index is 13.3. The Morgan fingerprint density at radius 1 is 1.03 bits per heavy atom. The number of halogens is 3. The fraction of sp³-hybridized carbons (Fsp3) is 0.391. The molecule has 0 unspecified atom stereocenters. The van der Waals surface area contributed by atoms with Gasteiger partial charge in [0, 0.05) is 22.0 Å². The van der Waals surface area contributed by atoms with Crippen molar-refractivity contribution < 1.29 is 9.59 Å². The van der Waals surface area contributed by atoms with E-state index < -0.39 is 11.6 Å². The second-order valence-electron chi connectivity index (χ2n) is 8.18. The zero-order valence-electron chi connectivity index (χ0n) is 18.0. The van der Waals surface area contributed by atoms with Crippen LogP contribution in [0.5, 0.6) is 0 Å². The second-order valence-corrected chi connectivity index (χ2v) is 10.5. The topological polar surface area (TPSA) is 49.4 Å². The molecular formula is C23H27Cl3N2O2S. The second kappa shape index (κ2) is 11.5. The van der Waals surface area contributed by atoms with Crippen LogP contribution in [0.1, 0.15) is 39.7 Å². The van der Waals surface area contributed by atoms with Crippen LogP contribution >= 0.6 is 46.6 Å². The van der Waals surface area contributed by atoms with Crippen molar-refractivity contribution in [3.8, 4) is 0 Å². The molecule has 0 fully saturated rings. The van der Waals surface area contributed by atoms with E-state index in [0.717, 1.165) is 10.5 Å². The van der Waals surface area contributed by atoms with Crippen molar-refractivity contribution in [3.05, 3.63) is 63.1 Å². The minimum Gasteiger partial charge on any atom is -0.350 e. The van der Waals surface area contributed by atoms with Gasteiger partial charge in [-0.3, -0.25) is 9.59 Å². The average Bonchev–Trinajstić information content (AvgIpc) is 2.68. The molecule has 0 aliphatic carbocycles. The van der Waals surface area contributed by atoms with Crippen molar-refractivity contribution in [1.82, 2.24) is 10.2 Å². The highest BCUT2D eigenvalue weighted by Crippen LogP contribution is 2.25. The highest BCUT2D eigenvalue weighted by Gasteiger charge is 2.30. The molecule has 8 heteroatoms. The Morgan fingerprint density at radius 3 is 2.23 bits per heavy atom. The zero-order chi connectivity index (χ0) is 23.2. The monoisotopic (exact) mass is 500 g/mol. The third-order valence-electron chi connectivity index (χ3n) is 4.40. The number of amides is 2. The summed E-state index contributed by atoms with van der Waals surface area (Å²) in [6.07, 6.45) is 0.487. The number of nitrogens with one attached hydrogen (secondary N) is 1. The molecule has 0 bridgehead atoms. The molecule has 2 aromatic rings. The van der Waals surface area contributed by atoms with Gasteiger partial charge in [-0.15, -0.1) is 11.8 Å². The lowest BCUT2D eigenvalue weighted by Gasteiger charge is -2.33. The lowest BCUT2D eigenvalue weighted by atomic mass is 10.1. The Bertz CT molecular complexity index is 914. The lowest BCUT2D eigenvalue weighted by Crippen LogP contribution is -2.53. The smallest absolute Gasteiger partial charge is 0.243 e. The summed E-state index contributed by atoms with van der Waals surface area (Å²) in [7, 11) is 0. The molecule has 4 nitrogen and oxygen atoms in total. The third kappa shape index (κ3) is 8.23.